The van der Waals surface area contributed by atoms with Crippen molar-refractivity contribution < 1.29 is 9.59 Å². The van der Waals surface area contributed by atoms with Gasteiger partial charge in [-0.1, -0.05) is 43.5 Å². The largest absolute Gasteiger partial charge is 0.327 e. The van der Waals surface area contributed by atoms with Crippen LogP contribution in [0.3, 0.4) is 0 Å². The number of rotatable bonds is 4. The highest BCUT2D eigenvalue weighted by Gasteiger charge is 2.46. The average molecular weight is 459 g/mol. The predicted octanol–water partition coefficient (Wildman–Crippen LogP) is 3.75. The number of aromatic nitrogens is 2. The first-order valence-electron chi connectivity index (χ1n) is 12.5. The molecule has 1 aliphatic carbocycles. The summed E-state index contributed by atoms with van der Waals surface area (Å²) in [5.41, 5.74) is 1.69. The summed E-state index contributed by atoms with van der Waals surface area (Å²) in [6.07, 6.45) is 7.79. The zero-order valence-electron chi connectivity index (χ0n) is 19.3. The first-order valence-corrected chi connectivity index (χ1v) is 12.5. The molecule has 1 N–H and O–H groups in total. The minimum atomic E-state index is -0.644. The number of imidazole rings is 1. The molecule has 0 radical (unpaired) electrons. The summed E-state index contributed by atoms with van der Waals surface area (Å²) in [5, 5.41) is 0. The van der Waals surface area contributed by atoms with Crippen LogP contribution in [0.2, 0.25) is 0 Å². The molecule has 2 amide bonds. The second-order valence-corrected chi connectivity index (χ2v) is 10.1. The topological polar surface area (TPSA) is 78.4 Å². The molecular weight excluding hydrogens is 428 g/mol. The van der Waals surface area contributed by atoms with Crippen LogP contribution in [-0.4, -0.2) is 56.8 Å². The van der Waals surface area contributed by atoms with E-state index in [1.165, 1.54) is 37.0 Å². The zero-order valence-corrected chi connectivity index (χ0v) is 19.3. The van der Waals surface area contributed by atoms with Crippen molar-refractivity contribution in [1.82, 2.24) is 19.4 Å². The number of likely N-dealkylation sites (tertiary alicyclic amines) is 1. The molecule has 7 heteroatoms. The summed E-state index contributed by atoms with van der Waals surface area (Å²) in [6.45, 7) is 1.93. The number of carbonyl (C=O) groups excluding carboxylic acids is 2. The molecule has 176 valence electrons. The molecule has 1 saturated heterocycles. The van der Waals surface area contributed by atoms with E-state index in [1.54, 1.807) is 24.3 Å². The van der Waals surface area contributed by atoms with Gasteiger partial charge in [0.25, 0.3) is 11.8 Å². The third kappa shape index (κ3) is 3.33. The van der Waals surface area contributed by atoms with Crippen molar-refractivity contribution >= 4 is 22.8 Å². The summed E-state index contributed by atoms with van der Waals surface area (Å²) < 4.78 is 1.84. The van der Waals surface area contributed by atoms with E-state index < -0.39 is 5.54 Å². The first kappa shape index (κ1) is 21.4. The number of fused-ring (bicyclic) bond motifs is 2. The van der Waals surface area contributed by atoms with Crippen LogP contribution >= 0.6 is 0 Å². The van der Waals surface area contributed by atoms with Gasteiger partial charge in [-0.2, -0.15) is 0 Å². The lowest BCUT2D eigenvalue weighted by atomic mass is 9.84. The fraction of sp³-hybridized carbons (Fsp3) is 0.444. The lowest BCUT2D eigenvalue weighted by Crippen LogP contribution is -2.57. The number of hydrogen-bond acceptors (Lipinski definition) is 4. The van der Waals surface area contributed by atoms with Gasteiger partial charge in [0.2, 0.25) is 0 Å². The molecule has 3 aromatic rings. The van der Waals surface area contributed by atoms with Crippen molar-refractivity contribution in [3.63, 3.8) is 0 Å². The Bertz CT molecular complexity index is 1270. The number of nitrogens with one attached hydrogen (secondary N) is 1. The summed E-state index contributed by atoms with van der Waals surface area (Å²) in [6, 6.07) is 15.3. The van der Waals surface area contributed by atoms with Crippen LogP contribution in [0.1, 0.15) is 65.7 Å². The molecule has 0 atom stereocenters. The van der Waals surface area contributed by atoms with Gasteiger partial charge in [0.05, 0.1) is 34.2 Å². The van der Waals surface area contributed by atoms with Crippen LogP contribution in [0, 0.1) is 0 Å². The van der Waals surface area contributed by atoms with E-state index >= 15 is 0 Å². The predicted molar refractivity (Wildman–Crippen MR) is 130 cm³/mol. The quantitative estimate of drug-likeness (QED) is 0.604. The van der Waals surface area contributed by atoms with Gasteiger partial charge in [-0.25, -0.2) is 4.79 Å². The van der Waals surface area contributed by atoms with Crippen LogP contribution in [0.5, 0.6) is 0 Å². The average Bonchev–Trinajstić information content (AvgIpc) is 3.34. The standard InChI is InChI=1S/C27H30N4O3/c32-24-20-10-4-5-11-21(20)25(33)30(24)18-27(31-23-13-7-6-12-22(23)28-26(31)34)14-16-29(17-15-27)19-8-2-1-3-9-19/h4-7,10-13,19H,1-3,8-9,14-18H2,(H,28,34). The molecule has 2 aromatic carbocycles. The van der Waals surface area contributed by atoms with Crippen LogP contribution in [-0.2, 0) is 5.54 Å². The normalized spacial score (nSPS) is 21.4. The highest BCUT2D eigenvalue weighted by Crippen LogP contribution is 2.37. The van der Waals surface area contributed by atoms with E-state index in [2.05, 4.69) is 9.88 Å². The second-order valence-electron chi connectivity index (χ2n) is 10.1. The van der Waals surface area contributed by atoms with Crippen LogP contribution in [0.4, 0.5) is 0 Å². The number of piperidine rings is 1. The fourth-order valence-corrected chi connectivity index (χ4v) is 6.41. The van der Waals surface area contributed by atoms with Gasteiger partial charge in [0.1, 0.15) is 0 Å². The maximum absolute atomic E-state index is 13.3. The number of nitrogens with zero attached hydrogens (tertiary/aromatic N) is 3. The number of hydrogen-bond donors (Lipinski definition) is 1. The molecule has 7 nitrogen and oxygen atoms in total. The molecule has 0 spiro atoms. The lowest BCUT2D eigenvalue weighted by Gasteiger charge is -2.46. The van der Waals surface area contributed by atoms with Gasteiger partial charge >= 0.3 is 5.69 Å². The Hall–Kier alpha value is -3.19. The minimum Gasteiger partial charge on any atom is -0.306 e. The third-order valence-corrected chi connectivity index (χ3v) is 8.21. The molecule has 6 rings (SSSR count). The van der Waals surface area contributed by atoms with Gasteiger partial charge < -0.3 is 9.88 Å². The molecule has 0 unspecified atom stereocenters. The molecule has 2 fully saturated rings. The Morgan fingerprint density at radius 1 is 0.824 bits per heavy atom. The highest BCUT2D eigenvalue weighted by molar-refractivity contribution is 6.21. The summed E-state index contributed by atoms with van der Waals surface area (Å²) in [7, 11) is 0. The van der Waals surface area contributed by atoms with Crippen molar-refractivity contribution in [3.8, 4) is 0 Å². The zero-order chi connectivity index (χ0) is 23.3. The fourth-order valence-electron chi connectivity index (χ4n) is 6.41. The molecule has 3 heterocycles. The van der Waals surface area contributed by atoms with E-state index in [4.69, 9.17) is 0 Å². The summed E-state index contributed by atoms with van der Waals surface area (Å²) >= 11 is 0. The number of benzene rings is 2. The number of H-pyrrole nitrogens is 1. The van der Waals surface area contributed by atoms with E-state index in [0.29, 0.717) is 17.2 Å². The minimum absolute atomic E-state index is 0.177. The van der Waals surface area contributed by atoms with Crippen molar-refractivity contribution in [2.24, 2.45) is 0 Å². The Balaban J connectivity index is 1.38. The Morgan fingerprint density at radius 3 is 2.12 bits per heavy atom. The SMILES string of the molecule is O=C1c2ccccc2C(=O)N1CC1(n2c(=O)[nH]c3ccccc32)CCN(C2CCCCC2)CC1. The number of imide groups is 1. The molecule has 3 aliphatic rings. The van der Waals surface area contributed by atoms with Crippen LogP contribution in [0.15, 0.2) is 53.3 Å². The van der Waals surface area contributed by atoms with Gasteiger partial charge in [-0.3, -0.25) is 19.1 Å². The molecule has 0 bridgehead atoms. The molecule has 2 aliphatic heterocycles. The van der Waals surface area contributed by atoms with Gasteiger partial charge in [0.15, 0.2) is 0 Å². The number of amides is 2. The number of aromatic amines is 1. The Kier molecular flexibility index (Phi) is 5.17. The van der Waals surface area contributed by atoms with Crippen LogP contribution in [0.25, 0.3) is 11.0 Å². The lowest BCUT2D eigenvalue weighted by molar-refractivity contribution is 0.0336. The van der Waals surface area contributed by atoms with E-state index in [0.717, 1.165) is 37.0 Å². The highest BCUT2D eigenvalue weighted by atomic mass is 16.2. The van der Waals surface area contributed by atoms with Crippen molar-refractivity contribution in [3.05, 3.63) is 70.1 Å². The summed E-state index contributed by atoms with van der Waals surface area (Å²) in [4.78, 5) is 46.7. The molecular formula is C27H30N4O3. The number of carbonyl (C=O) groups is 2. The molecule has 1 saturated carbocycles. The van der Waals surface area contributed by atoms with E-state index in [1.807, 2.05) is 28.8 Å². The molecule has 1 aromatic heterocycles. The van der Waals surface area contributed by atoms with Gasteiger partial charge in [-0.05, 0) is 49.9 Å². The third-order valence-electron chi connectivity index (χ3n) is 8.21. The van der Waals surface area contributed by atoms with Crippen LogP contribution < -0.4 is 5.69 Å². The number of para-hydroxylation sites is 2. The maximum Gasteiger partial charge on any atom is 0.327 e. The molecule has 34 heavy (non-hydrogen) atoms. The Labute approximate surface area is 198 Å². The Morgan fingerprint density at radius 2 is 1.44 bits per heavy atom. The maximum atomic E-state index is 13.3. The van der Waals surface area contributed by atoms with Crippen molar-refractivity contribution in [2.75, 3.05) is 19.6 Å². The van der Waals surface area contributed by atoms with Gasteiger partial charge in [0, 0.05) is 19.1 Å². The second kappa shape index (κ2) is 8.24. The van der Waals surface area contributed by atoms with E-state index in [-0.39, 0.29) is 24.0 Å². The van der Waals surface area contributed by atoms with Crippen molar-refractivity contribution in [2.45, 2.75) is 56.5 Å². The smallest absolute Gasteiger partial charge is 0.306 e. The van der Waals surface area contributed by atoms with Crippen molar-refractivity contribution in [1.29, 1.82) is 0 Å². The first-order chi connectivity index (χ1) is 16.6. The summed E-state index contributed by atoms with van der Waals surface area (Å²) in [5.74, 6) is -0.523. The van der Waals surface area contributed by atoms with E-state index in [9.17, 15) is 14.4 Å². The monoisotopic (exact) mass is 458 g/mol. The van der Waals surface area contributed by atoms with Gasteiger partial charge in [-0.15, -0.1) is 0 Å².